The summed E-state index contributed by atoms with van der Waals surface area (Å²) in [5, 5.41) is 3.51. The lowest BCUT2D eigenvalue weighted by Gasteiger charge is -2.34. The van der Waals surface area contributed by atoms with E-state index in [2.05, 4.69) is 5.32 Å². The maximum absolute atomic E-state index is 14.2. The number of ether oxygens (including phenoxy) is 2. The van der Waals surface area contributed by atoms with E-state index in [-0.39, 0.29) is 29.1 Å². The molecule has 0 spiro atoms. The Bertz CT molecular complexity index is 1480. The highest BCUT2D eigenvalue weighted by molar-refractivity contribution is 7.92. The van der Waals surface area contributed by atoms with E-state index in [1.54, 1.807) is 60.7 Å². The highest BCUT2D eigenvalue weighted by atomic mass is 35.5. The summed E-state index contributed by atoms with van der Waals surface area (Å²) in [6.07, 6.45) is 1.05. The van der Waals surface area contributed by atoms with Crippen molar-refractivity contribution in [2.24, 2.45) is 0 Å². The van der Waals surface area contributed by atoms with Crippen LogP contribution >= 0.6 is 11.6 Å². The second-order valence-corrected chi connectivity index (χ2v) is 12.3. The van der Waals surface area contributed by atoms with Gasteiger partial charge in [-0.15, -0.1) is 0 Å². The van der Waals surface area contributed by atoms with Gasteiger partial charge in [0.05, 0.1) is 10.6 Å². The largest absolute Gasteiger partial charge is 0.486 e. The minimum Gasteiger partial charge on any atom is -0.486 e. The molecule has 0 aromatic heterocycles. The molecule has 1 aliphatic rings. The van der Waals surface area contributed by atoms with Crippen LogP contribution in [-0.2, 0) is 26.2 Å². The van der Waals surface area contributed by atoms with Crippen molar-refractivity contribution in [1.29, 1.82) is 0 Å². The molecule has 0 unspecified atom stereocenters. The van der Waals surface area contributed by atoms with Crippen molar-refractivity contribution in [3.05, 3.63) is 83.4 Å². The molecule has 9 nitrogen and oxygen atoms in total. The van der Waals surface area contributed by atoms with Crippen molar-refractivity contribution in [3.8, 4) is 11.5 Å². The summed E-state index contributed by atoms with van der Waals surface area (Å²) in [5.41, 5.74) is 0.985. The Morgan fingerprint density at radius 1 is 0.929 bits per heavy atom. The number of fused-ring (bicyclic) bond motifs is 1. The molecule has 0 saturated carbocycles. The van der Waals surface area contributed by atoms with Crippen LogP contribution in [0.2, 0.25) is 5.02 Å². The number of amides is 2. The first-order chi connectivity index (χ1) is 20.1. The molecule has 0 radical (unpaired) electrons. The maximum Gasteiger partial charge on any atom is 0.264 e. The fourth-order valence-electron chi connectivity index (χ4n) is 4.58. The minimum absolute atomic E-state index is 0.0264. The van der Waals surface area contributed by atoms with Crippen molar-refractivity contribution in [3.63, 3.8) is 0 Å². The van der Waals surface area contributed by atoms with Gasteiger partial charge >= 0.3 is 0 Å². The Morgan fingerprint density at radius 2 is 1.60 bits per heavy atom. The normalized spacial score (nSPS) is 14.0. The SMILES string of the molecule is CC[C@H](C)NC(=O)[C@H](CC)N(Cc1ccc(Cl)cc1)C(=O)CN(c1ccc2c(c1)OCCO2)S(=O)(=O)c1ccccc1. The zero-order valence-corrected chi connectivity index (χ0v) is 25.5. The molecule has 0 aliphatic carbocycles. The Balaban J connectivity index is 1.75. The van der Waals surface area contributed by atoms with Crippen molar-refractivity contribution in [2.45, 2.75) is 57.1 Å². The summed E-state index contributed by atoms with van der Waals surface area (Å²) in [6.45, 7) is 5.92. The van der Waals surface area contributed by atoms with Gasteiger partial charge in [-0.3, -0.25) is 13.9 Å². The second-order valence-electron chi connectivity index (χ2n) is 10.0. The van der Waals surface area contributed by atoms with E-state index in [0.29, 0.717) is 36.2 Å². The maximum atomic E-state index is 14.2. The summed E-state index contributed by atoms with van der Waals surface area (Å²) in [7, 11) is -4.19. The van der Waals surface area contributed by atoms with Gasteiger partial charge < -0.3 is 19.7 Å². The van der Waals surface area contributed by atoms with Gasteiger partial charge in [-0.05, 0) is 61.7 Å². The summed E-state index contributed by atoms with van der Waals surface area (Å²) in [5.74, 6) is 0.0406. The molecule has 224 valence electrons. The van der Waals surface area contributed by atoms with Crippen molar-refractivity contribution >= 4 is 39.1 Å². The highest BCUT2D eigenvalue weighted by Crippen LogP contribution is 2.36. The minimum atomic E-state index is -4.19. The molecule has 2 amide bonds. The molecular weight excluding hydrogens is 578 g/mol. The van der Waals surface area contributed by atoms with Crippen LogP contribution in [0.3, 0.4) is 0 Å². The monoisotopic (exact) mass is 613 g/mol. The van der Waals surface area contributed by atoms with Crippen molar-refractivity contribution < 1.29 is 27.5 Å². The van der Waals surface area contributed by atoms with Gasteiger partial charge in [0.1, 0.15) is 25.8 Å². The van der Waals surface area contributed by atoms with E-state index in [4.69, 9.17) is 21.1 Å². The molecule has 4 rings (SSSR count). The number of benzene rings is 3. The lowest BCUT2D eigenvalue weighted by atomic mass is 10.1. The molecule has 1 N–H and O–H groups in total. The van der Waals surface area contributed by atoms with Crippen LogP contribution in [0.5, 0.6) is 11.5 Å². The third-order valence-electron chi connectivity index (χ3n) is 7.08. The second kappa shape index (κ2) is 13.9. The Hall–Kier alpha value is -3.76. The first-order valence-corrected chi connectivity index (χ1v) is 15.8. The Labute approximate surface area is 252 Å². The molecule has 11 heteroatoms. The predicted molar refractivity (Wildman–Crippen MR) is 162 cm³/mol. The van der Waals surface area contributed by atoms with Crippen LogP contribution in [0.4, 0.5) is 5.69 Å². The number of carbonyl (C=O) groups is 2. The molecular formula is C31H36ClN3O6S. The smallest absolute Gasteiger partial charge is 0.264 e. The van der Waals surface area contributed by atoms with Gasteiger partial charge in [0.2, 0.25) is 11.8 Å². The van der Waals surface area contributed by atoms with Crippen LogP contribution < -0.4 is 19.1 Å². The number of nitrogens with zero attached hydrogens (tertiary/aromatic N) is 2. The van der Waals surface area contributed by atoms with E-state index >= 15 is 0 Å². The summed E-state index contributed by atoms with van der Waals surface area (Å²) >= 11 is 6.08. The Morgan fingerprint density at radius 3 is 2.24 bits per heavy atom. The van der Waals surface area contributed by atoms with Gasteiger partial charge in [0.15, 0.2) is 11.5 Å². The number of hydrogen-bond acceptors (Lipinski definition) is 6. The average molecular weight is 614 g/mol. The number of sulfonamides is 1. The zero-order chi connectivity index (χ0) is 30.3. The molecule has 0 fully saturated rings. The van der Waals surface area contributed by atoms with Crippen molar-refractivity contribution in [2.75, 3.05) is 24.1 Å². The quantitative estimate of drug-likeness (QED) is 0.307. The van der Waals surface area contributed by atoms with Crippen LogP contribution in [0.25, 0.3) is 0 Å². The number of halogens is 1. The van der Waals surface area contributed by atoms with Gasteiger partial charge in [0.25, 0.3) is 10.0 Å². The van der Waals surface area contributed by atoms with Crippen LogP contribution in [0.15, 0.2) is 77.7 Å². The van der Waals surface area contributed by atoms with E-state index < -0.39 is 28.5 Å². The lowest BCUT2D eigenvalue weighted by Crippen LogP contribution is -2.53. The standard InChI is InChI=1S/C31H36ClN3O6S/c1-4-22(3)33-31(37)27(5-2)34(20-23-11-13-24(32)14-12-23)30(36)21-35(42(38,39)26-9-7-6-8-10-26)25-15-16-28-29(19-25)41-18-17-40-28/h6-16,19,22,27H,4-5,17-18,20-21H2,1-3H3,(H,33,37)/t22-,27-/m0/s1. The molecule has 3 aromatic rings. The number of hydrogen-bond donors (Lipinski definition) is 1. The van der Waals surface area contributed by atoms with Gasteiger partial charge in [-0.1, -0.05) is 55.8 Å². The molecule has 0 saturated heterocycles. The Kier molecular flexibility index (Phi) is 10.3. The molecule has 1 heterocycles. The lowest BCUT2D eigenvalue weighted by molar-refractivity contribution is -0.140. The summed E-state index contributed by atoms with van der Waals surface area (Å²) in [4.78, 5) is 29.0. The first-order valence-electron chi connectivity index (χ1n) is 14.0. The number of nitrogens with one attached hydrogen (secondary N) is 1. The molecule has 1 aliphatic heterocycles. The van der Waals surface area contributed by atoms with E-state index in [0.717, 1.165) is 16.3 Å². The number of carbonyl (C=O) groups excluding carboxylic acids is 2. The van der Waals surface area contributed by atoms with E-state index in [9.17, 15) is 18.0 Å². The fraction of sp³-hybridized carbons (Fsp3) is 0.355. The number of rotatable bonds is 12. The highest BCUT2D eigenvalue weighted by Gasteiger charge is 2.34. The molecule has 2 atom stereocenters. The molecule has 3 aromatic carbocycles. The van der Waals surface area contributed by atoms with E-state index in [1.807, 2.05) is 20.8 Å². The average Bonchev–Trinajstić information content (AvgIpc) is 3.00. The van der Waals surface area contributed by atoms with Gasteiger partial charge in [0, 0.05) is 23.7 Å². The van der Waals surface area contributed by atoms with Crippen molar-refractivity contribution in [1.82, 2.24) is 10.2 Å². The third-order valence-corrected chi connectivity index (χ3v) is 9.12. The summed E-state index contributed by atoms with van der Waals surface area (Å²) in [6, 6.07) is 18.7. The zero-order valence-electron chi connectivity index (χ0n) is 24.0. The molecule has 0 bridgehead atoms. The van der Waals surface area contributed by atoms with Crippen LogP contribution in [-0.4, -0.2) is 57.0 Å². The molecule has 42 heavy (non-hydrogen) atoms. The van der Waals surface area contributed by atoms with Crippen LogP contribution in [0.1, 0.15) is 39.2 Å². The van der Waals surface area contributed by atoms with Gasteiger partial charge in [-0.2, -0.15) is 0 Å². The fourth-order valence-corrected chi connectivity index (χ4v) is 6.14. The van der Waals surface area contributed by atoms with E-state index in [1.165, 1.54) is 17.0 Å². The van der Waals surface area contributed by atoms with Crippen LogP contribution in [0, 0.1) is 0 Å². The predicted octanol–water partition coefficient (Wildman–Crippen LogP) is 5.03. The first kappa shape index (κ1) is 31.2. The van der Waals surface area contributed by atoms with Gasteiger partial charge in [-0.25, -0.2) is 8.42 Å². The number of anilines is 1. The summed E-state index contributed by atoms with van der Waals surface area (Å²) < 4.78 is 40.4. The third kappa shape index (κ3) is 7.35. The topological polar surface area (TPSA) is 105 Å².